The van der Waals surface area contributed by atoms with Crippen molar-refractivity contribution in [1.82, 2.24) is 19.8 Å². The smallest absolute Gasteiger partial charge is 0.481 e. The van der Waals surface area contributed by atoms with Crippen LogP contribution in [-0.4, -0.2) is 61.9 Å². The number of nitrogens with zero attached hydrogens (tertiary/aromatic N) is 3. The molecular weight excluding hydrogens is 445 g/mol. The van der Waals surface area contributed by atoms with E-state index in [0.29, 0.717) is 19.5 Å². The Bertz CT molecular complexity index is 933. The number of benzene rings is 1. The van der Waals surface area contributed by atoms with E-state index in [2.05, 4.69) is 22.4 Å². The molecule has 0 bridgehead atoms. The lowest BCUT2D eigenvalue weighted by Crippen LogP contribution is -2.47. The summed E-state index contributed by atoms with van der Waals surface area (Å²) in [6.07, 6.45) is 0.795. The fourth-order valence-corrected chi connectivity index (χ4v) is 3.23. The van der Waals surface area contributed by atoms with Crippen LogP contribution < -0.4 is 5.32 Å². The van der Waals surface area contributed by atoms with Crippen molar-refractivity contribution in [2.24, 2.45) is 5.92 Å². The molecule has 0 radical (unpaired) electrons. The molecule has 0 unspecified atom stereocenters. The Labute approximate surface area is 187 Å². The zero-order valence-corrected chi connectivity index (χ0v) is 17.7. The molecular formula is C21H25F3N4O5. The van der Waals surface area contributed by atoms with E-state index in [9.17, 15) is 22.8 Å². The number of likely N-dealkylation sites (tertiary alicyclic amines) is 1. The number of alkyl halides is 3. The fourth-order valence-electron chi connectivity index (χ4n) is 3.23. The molecule has 1 aromatic heterocycles. The van der Waals surface area contributed by atoms with Crippen LogP contribution >= 0.6 is 0 Å². The van der Waals surface area contributed by atoms with Gasteiger partial charge in [0, 0.05) is 32.0 Å². The molecule has 1 atom stereocenters. The average Bonchev–Trinajstić information content (AvgIpc) is 3.24. The molecule has 0 saturated carbocycles. The van der Waals surface area contributed by atoms with Gasteiger partial charge in [-0.05, 0) is 24.8 Å². The molecule has 1 aliphatic heterocycles. The topological polar surface area (TPSA) is 125 Å². The van der Waals surface area contributed by atoms with Crippen LogP contribution in [-0.2, 0) is 29.1 Å². The maximum absolute atomic E-state index is 12.3. The van der Waals surface area contributed by atoms with Gasteiger partial charge in [0.15, 0.2) is 0 Å². The SMILES string of the molecule is O=C(O)C(F)(F)F.O=C(O)[C@H]1CCCN(C(=O)NCc2nccn2CCc2ccccc2)C1. The highest BCUT2D eigenvalue weighted by molar-refractivity contribution is 5.76. The summed E-state index contributed by atoms with van der Waals surface area (Å²) in [5.74, 6) is -3.27. The van der Waals surface area contributed by atoms with Gasteiger partial charge in [0.05, 0.1) is 12.5 Å². The predicted octanol–water partition coefficient (Wildman–Crippen LogP) is 2.77. The van der Waals surface area contributed by atoms with Gasteiger partial charge in [-0.3, -0.25) is 4.79 Å². The van der Waals surface area contributed by atoms with Gasteiger partial charge in [-0.1, -0.05) is 30.3 Å². The number of carboxylic acid groups (broad SMARTS) is 2. The second-order valence-corrected chi connectivity index (χ2v) is 7.36. The molecule has 9 nitrogen and oxygen atoms in total. The first-order valence-electron chi connectivity index (χ1n) is 10.2. The van der Waals surface area contributed by atoms with Crippen molar-refractivity contribution >= 4 is 18.0 Å². The van der Waals surface area contributed by atoms with Gasteiger partial charge in [-0.25, -0.2) is 14.6 Å². The molecule has 0 spiro atoms. The molecule has 3 N–H and O–H groups in total. The summed E-state index contributed by atoms with van der Waals surface area (Å²) in [5.41, 5.74) is 1.25. The van der Waals surface area contributed by atoms with Crippen LogP contribution in [0, 0.1) is 5.92 Å². The third kappa shape index (κ3) is 8.47. The molecule has 180 valence electrons. The molecule has 2 aromatic rings. The predicted molar refractivity (Wildman–Crippen MR) is 110 cm³/mol. The third-order valence-corrected chi connectivity index (χ3v) is 4.98. The summed E-state index contributed by atoms with van der Waals surface area (Å²) in [6.45, 7) is 1.98. The monoisotopic (exact) mass is 470 g/mol. The lowest BCUT2D eigenvalue weighted by Gasteiger charge is -2.30. The molecule has 2 amide bonds. The summed E-state index contributed by atoms with van der Waals surface area (Å²) < 4.78 is 33.8. The van der Waals surface area contributed by atoms with Crippen LogP contribution in [0.15, 0.2) is 42.7 Å². The minimum Gasteiger partial charge on any atom is -0.481 e. The Hall–Kier alpha value is -3.57. The van der Waals surface area contributed by atoms with Gasteiger partial charge in [-0.15, -0.1) is 0 Å². The molecule has 2 heterocycles. The Balaban J connectivity index is 0.000000479. The van der Waals surface area contributed by atoms with Gasteiger partial charge >= 0.3 is 24.1 Å². The van der Waals surface area contributed by atoms with Crippen LogP contribution in [0.1, 0.15) is 24.2 Å². The molecule has 3 rings (SSSR count). The maximum Gasteiger partial charge on any atom is 0.490 e. The number of carbonyl (C=O) groups is 3. The molecule has 1 fully saturated rings. The van der Waals surface area contributed by atoms with Gasteiger partial charge in [-0.2, -0.15) is 13.2 Å². The summed E-state index contributed by atoms with van der Waals surface area (Å²) in [6, 6.07) is 9.99. The van der Waals surface area contributed by atoms with Crippen LogP contribution in [0.3, 0.4) is 0 Å². The molecule has 1 aliphatic rings. The molecule has 33 heavy (non-hydrogen) atoms. The number of halogens is 3. The van der Waals surface area contributed by atoms with Gasteiger partial charge in [0.25, 0.3) is 0 Å². The van der Waals surface area contributed by atoms with E-state index in [0.717, 1.165) is 25.2 Å². The maximum atomic E-state index is 12.3. The lowest BCUT2D eigenvalue weighted by atomic mass is 9.99. The standard InChI is InChI=1S/C19H24N4O3.C2HF3O2/c24-18(25)16-7-4-10-23(14-16)19(26)21-13-17-20-9-12-22(17)11-8-15-5-2-1-3-6-15;3-2(4,5)1(6)7/h1-3,5-6,9,12,16H,4,7-8,10-11,13-14H2,(H,21,26)(H,24,25);(H,6,7)/t16-;/m0./s1. The third-order valence-electron chi connectivity index (χ3n) is 4.98. The number of aryl methyl sites for hydroxylation is 2. The number of imidazole rings is 1. The van der Waals surface area contributed by atoms with Gasteiger partial charge in [0.1, 0.15) is 5.82 Å². The van der Waals surface area contributed by atoms with Crippen molar-refractivity contribution < 1.29 is 37.8 Å². The first kappa shape index (κ1) is 25.7. The number of rotatable bonds is 6. The van der Waals surface area contributed by atoms with Crippen LogP contribution in [0.4, 0.5) is 18.0 Å². The van der Waals surface area contributed by atoms with Gasteiger partial charge in [0.2, 0.25) is 0 Å². The zero-order valence-electron chi connectivity index (χ0n) is 17.7. The quantitative estimate of drug-likeness (QED) is 0.596. The van der Waals surface area contributed by atoms with Crippen LogP contribution in [0.2, 0.25) is 0 Å². The number of hydrogen-bond acceptors (Lipinski definition) is 4. The summed E-state index contributed by atoms with van der Waals surface area (Å²) in [7, 11) is 0. The second-order valence-electron chi connectivity index (χ2n) is 7.36. The van der Waals surface area contributed by atoms with Gasteiger partial charge < -0.3 is 25.0 Å². The van der Waals surface area contributed by atoms with Crippen molar-refractivity contribution in [2.45, 2.75) is 38.5 Å². The first-order valence-corrected chi connectivity index (χ1v) is 10.2. The van der Waals surface area contributed by atoms with E-state index in [1.165, 1.54) is 5.56 Å². The van der Waals surface area contributed by atoms with E-state index in [4.69, 9.17) is 15.0 Å². The van der Waals surface area contributed by atoms with E-state index >= 15 is 0 Å². The average molecular weight is 470 g/mol. The van der Waals surface area contributed by atoms with E-state index in [-0.39, 0.29) is 12.6 Å². The Morgan fingerprint density at radius 3 is 2.42 bits per heavy atom. The number of hydrogen-bond donors (Lipinski definition) is 3. The normalized spacial score (nSPS) is 15.8. The van der Waals surface area contributed by atoms with Crippen molar-refractivity contribution in [3.63, 3.8) is 0 Å². The highest BCUT2D eigenvalue weighted by Crippen LogP contribution is 2.16. The number of nitrogens with one attached hydrogen (secondary N) is 1. The van der Waals surface area contributed by atoms with E-state index < -0.39 is 24.0 Å². The highest BCUT2D eigenvalue weighted by Gasteiger charge is 2.38. The Morgan fingerprint density at radius 2 is 1.82 bits per heavy atom. The number of urea groups is 1. The zero-order chi connectivity index (χ0) is 24.4. The van der Waals surface area contributed by atoms with Crippen LogP contribution in [0.25, 0.3) is 0 Å². The highest BCUT2D eigenvalue weighted by atomic mass is 19.4. The molecule has 1 aromatic carbocycles. The Morgan fingerprint density at radius 1 is 1.15 bits per heavy atom. The van der Waals surface area contributed by atoms with Crippen molar-refractivity contribution in [2.75, 3.05) is 13.1 Å². The number of carboxylic acids is 2. The number of amides is 2. The number of aromatic nitrogens is 2. The van der Waals surface area contributed by atoms with Crippen molar-refractivity contribution in [1.29, 1.82) is 0 Å². The van der Waals surface area contributed by atoms with E-state index in [1.54, 1.807) is 11.1 Å². The summed E-state index contributed by atoms with van der Waals surface area (Å²) in [5, 5.41) is 19.1. The minimum atomic E-state index is -5.08. The van der Waals surface area contributed by atoms with E-state index in [1.807, 2.05) is 29.0 Å². The molecule has 12 heteroatoms. The van der Waals surface area contributed by atoms with Crippen LogP contribution in [0.5, 0.6) is 0 Å². The number of piperidine rings is 1. The summed E-state index contributed by atoms with van der Waals surface area (Å²) in [4.78, 5) is 38.3. The minimum absolute atomic E-state index is 0.228. The molecule has 1 saturated heterocycles. The first-order chi connectivity index (χ1) is 15.6. The lowest BCUT2D eigenvalue weighted by molar-refractivity contribution is -0.192. The Kier molecular flexibility index (Phi) is 9.25. The molecule has 0 aliphatic carbocycles. The number of carbonyl (C=O) groups excluding carboxylic acids is 1. The number of aliphatic carboxylic acids is 2. The largest absolute Gasteiger partial charge is 0.490 e. The van der Waals surface area contributed by atoms with Crippen molar-refractivity contribution in [3.05, 3.63) is 54.1 Å². The summed E-state index contributed by atoms with van der Waals surface area (Å²) >= 11 is 0. The fraction of sp³-hybridized carbons (Fsp3) is 0.429. The second kappa shape index (κ2) is 11.9. The van der Waals surface area contributed by atoms with Crippen molar-refractivity contribution in [3.8, 4) is 0 Å².